The van der Waals surface area contributed by atoms with Gasteiger partial charge in [-0.05, 0) is 29.7 Å². The zero-order valence-electron chi connectivity index (χ0n) is 15.0. The smallest absolute Gasteiger partial charge is 0.250 e. The molecule has 1 aliphatic carbocycles. The van der Waals surface area contributed by atoms with Crippen molar-refractivity contribution in [2.24, 2.45) is 0 Å². The third-order valence-corrected chi connectivity index (χ3v) is 7.94. The van der Waals surface area contributed by atoms with Gasteiger partial charge in [0, 0.05) is 32.2 Å². The lowest BCUT2D eigenvalue weighted by Crippen LogP contribution is -2.58. The van der Waals surface area contributed by atoms with Gasteiger partial charge in [-0.1, -0.05) is 19.3 Å². The first kappa shape index (κ1) is 17.8. The van der Waals surface area contributed by atoms with Gasteiger partial charge in [0.25, 0.3) is 5.91 Å². The molecule has 1 unspecified atom stereocenters. The van der Waals surface area contributed by atoms with E-state index < -0.39 is 15.4 Å². The quantitative estimate of drug-likeness (QED) is 0.705. The maximum Gasteiger partial charge on any atom is 0.250 e. The Bertz CT molecular complexity index is 736. The SMILES string of the molecule is O=C(N1CCN(C2CCS(=O)(=O)C2)CC1)C1(n2cnnn2)CCCCC1. The third kappa shape index (κ3) is 3.24. The highest BCUT2D eigenvalue weighted by Gasteiger charge is 2.46. The van der Waals surface area contributed by atoms with E-state index in [1.54, 1.807) is 11.0 Å². The molecule has 3 fully saturated rings. The van der Waals surface area contributed by atoms with E-state index in [1.807, 2.05) is 4.90 Å². The van der Waals surface area contributed by atoms with Crippen molar-refractivity contribution in [3.8, 4) is 0 Å². The molecule has 9 nitrogen and oxygen atoms in total. The summed E-state index contributed by atoms with van der Waals surface area (Å²) in [7, 11) is -2.88. The number of sulfone groups is 1. The largest absolute Gasteiger partial charge is 0.338 e. The monoisotopic (exact) mass is 382 g/mol. The van der Waals surface area contributed by atoms with Crippen LogP contribution in [0.3, 0.4) is 0 Å². The standard InChI is InChI=1S/C16H26N6O3S/c23-15(16(5-2-1-3-6-16)22-13-17-18-19-22)21-9-7-20(8-10-21)14-4-11-26(24,25)12-14/h13-14H,1-12H2. The van der Waals surface area contributed by atoms with E-state index in [0.29, 0.717) is 25.3 Å². The highest BCUT2D eigenvalue weighted by atomic mass is 32.2. The second-order valence-corrected chi connectivity index (χ2v) is 9.96. The summed E-state index contributed by atoms with van der Waals surface area (Å²) >= 11 is 0. The molecule has 2 aliphatic heterocycles. The van der Waals surface area contributed by atoms with Crippen LogP contribution in [0.2, 0.25) is 0 Å². The molecule has 2 saturated heterocycles. The first-order chi connectivity index (χ1) is 12.5. The van der Waals surface area contributed by atoms with Crippen LogP contribution in [0.1, 0.15) is 38.5 Å². The summed E-state index contributed by atoms with van der Waals surface area (Å²) in [6.45, 7) is 2.74. The first-order valence-electron chi connectivity index (χ1n) is 9.48. The summed E-state index contributed by atoms with van der Waals surface area (Å²) in [6.07, 6.45) is 6.97. The van der Waals surface area contributed by atoms with Crippen molar-refractivity contribution in [1.82, 2.24) is 30.0 Å². The van der Waals surface area contributed by atoms with Gasteiger partial charge in [0.05, 0.1) is 11.5 Å². The average Bonchev–Trinajstić information content (AvgIpc) is 3.32. The summed E-state index contributed by atoms with van der Waals surface area (Å²) in [5.74, 6) is 0.664. The second-order valence-electron chi connectivity index (χ2n) is 7.73. The number of rotatable bonds is 3. The van der Waals surface area contributed by atoms with Crippen molar-refractivity contribution in [3.63, 3.8) is 0 Å². The summed E-state index contributed by atoms with van der Waals surface area (Å²) in [4.78, 5) is 17.6. The van der Waals surface area contributed by atoms with E-state index in [9.17, 15) is 13.2 Å². The van der Waals surface area contributed by atoms with Crippen LogP contribution in [0.15, 0.2) is 6.33 Å². The number of carbonyl (C=O) groups is 1. The van der Waals surface area contributed by atoms with Gasteiger partial charge in [0.1, 0.15) is 11.9 Å². The highest BCUT2D eigenvalue weighted by molar-refractivity contribution is 7.91. The molecular weight excluding hydrogens is 356 g/mol. The van der Waals surface area contributed by atoms with Crippen molar-refractivity contribution in [2.75, 3.05) is 37.7 Å². The molecule has 3 heterocycles. The summed E-state index contributed by atoms with van der Waals surface area (Å²) < 4.78 is 25.1. The highest BCUT2D eigenvalue weighted by Crippen LogP contribution is 2.36. The Labute approximate surface area is 153 Å². The molecule has 0 N–H and O–H groups in total. The van der Waals surface area contributed by atoms with E-state index in [0.717, 1.165) is 45.2 Å². The van der Waals surface area contributed by atoms with Gasteiger partial charge in [0.2, 0.25) is 0 Å². The fraction of sp³-hybridized carbons (Fsp3) is 0.875. The number of aromatic nitrogens is 4. The van der Waals surface area contributed by atoms with E-state index >= 15 is 0 Å². The Morgan fingerprint density at radius 3 is 2.38 bits per heavy atom. The van der Waals surface area contributed by atoms with Crippen molar-refractivity contribution in [3.05, 3.63) is 6.33 Å². The zero-order chi connectivity index (χ0) is 18.2. The summed E-state index contributed by atoms with van der Waals surface area (Å²) in [6, 6.07) is 0.111. The molecule has 4 rings (SSSR count). The van der Waals surface area contributed by atoms with Crippen LogP contribution in [-0.2, 0) is 20.2 Å². The van der Waals surface area contributed by atoms with Gasteiger partial charge in [-0.2, -0.15) is 0 Å². The minimum Gasteiger partial charge on any atom is -0.338 e. The molecule has 144 valence electrons. The van der Waals surface area contributed by atoms with Gasteiger partial charge >= 0.3 is 0 Å². The lowest BCUT2D eigenvalue weighted by Gasteiger charge is -2.43. The molecule has 26 heavy (non-hydrogen) atoms. The van der Waals surface area contributed by atoms with Crippen molar-refractivity contribution >= 4 is 15.7 Å². The molecule has 0 spiro atoms. The topological polar surface area (TPSA) is 101 Å². The van der Waals surface area contributed by atoms with Crippen molar-refractivity contribution < 1.29 is 13.2 Å². The molecule has 0 radical (unpaired) electrons. The normalized spacial score (nSPS) is 28.9. The van der Waals surface area contributed by atoms with Crippen LogP contribution in [-0.4, -0.2) is 88.1 Å². The van der Waals surface area contributed by atoms with Gasteiger partial charge in [-0.15, -0.1) is 5.10 Å². The molecule has 1 aromatic rings. The number of nitrogens with zero attached hydrogens (tertiary/aromatic N) is 6. The molecular formula is C16H26N6O3S. The lowest BCUT2D eigenvalue weighted by atomic mass is 9.80. The van der Waals surface area contributed by atoms with Crippen molar-refractivity contribution in [2.45, 2.75) is 50.1 Å². The lowest BCUT2D eigenvalue weighted by molar-refractivity contribution is -0.145. The van der Waals surface area contributed by atoms with Gasteiger partial charge in [-0.25, -0.2) is 13.1 Å². The number of hydrogen-bond acceptors (Lipinski definition) is 7. The van der Waals surface area contributed by atoms with Crippen molar-refractivity contribution in [1.29, 1.82) is 0 Å². The van der Waals surface area contributed by atoms with Crippen LogP contribution in [0.25, 0.3) is 0 Å². The molecule has 1 atom stereocenters. The minimum atomic E-state index is -2.88. The molecule has 0 bridgehead atoms. The van der Waals surface area contributed by atoms with Crippen LogP contribution in [0, 0.1) is 0 Å². The zero-order valence-corrected chi connectivity index (χ0v) is 15.8. The minimum absolute atomic E-state index is 0.111. The van der Waals surface area contributed by atoms with Crippen LogP contribution in [0.4, 0.5) is 0 Å². The number of piperazine rings is 1. The Kier molecular flexibility index (Phi) is 4.72. The molecule has 1 saturated carbocycles. The Morgan fingerprint density at radius 1 is 1.08 bits per heavy atom. The fourth-order valence-corrected chi connectivity index (χ4v) is 6.44. The van der Waals surface area contributed by atoms with Gasteiger partial charge in [-0.3, -0.25) is 9.69 Å². The Balaban J connectivity index is 1.44. The van der Waals surface area contributed by atoms with E-state index in [1.165, 1.54) is 0 Å². The van der Waals surface area contributed by atoms with E-state index in [-0.39, 0.29) is 17.7 Å². The van der Waals surface area contributed by atoms with Crippen LogP contribution >= 0.6 is 0 Å². The predicted octanol–water partition coefficient (Wildman–Crippen LogP) is -0.336. The fourth-order valence-electron chi connectivity index (χ4n) is 4.68. The summed E-state index contributed by atoms with van der Waals surface area (Å²) in [5, 5.41) is 11.5. The molecule has 1 amide bonds. The van der Waals surface area contributed by atoms with E-state index in [4.69, 9.17) is 0 Å². The number of hydrogen-bond donors (Lipinski definition) is 0. The molecule has 3 aliphatic rings. The maximum atomic E-state index is 13.4. The Morgan fingerprint density at radius 2 is 1.81 bits per heavy atom. The van der Waals surface area contributed by atoms with E-state index in [2.05, 4.69) is 20.4 Å². The van der Waals surface area contributed by atoms with Crippen LogP contribution in [0.5, 0.6) is 0 Å². The second kappa shape index (κ2) is 6.88. The summed E-state index contributed by atoms with van der Waals surface area (Å²) in [5.41, 5.74) is -0.652. The predicted molar refractivity (Wildman–Crippen MR) is 94.1 cm³/mol. The Hall–Kier alpha value is -1.55. The number of tetrazole rings is 1. The first-order valence-corrected chi connectivity index (χ1v) is 11.3. The average molecular weight is 382 g/mol. The maximum absolute atomic E-state index is 13.4. The third-order valence-electron chi connectivity index (χ3n) is 6.19. The molecule has 1 aromatic heterocycles. The van der Waals surface area contributed by atoms with Crippen LogP contribution < -0.4 is 0 Å². The molecule has 10 heteroatoms. The van der Waals surface area contributed by atoms with Gasteiger partial charge in [0.15, 0.2) is 9.84 Å². The van der Waals surface area contributed by atoms with Gasteiger partial charge < -0.3 is 4.90 Å². The molecule has 0 aromatic carbocycles. The number of carbonyl (C=O) groups excluding carboxylic acids is 1. The number of amides is 1.